The molecule has 100 valence electrons. The Labute approximate surface area is 113 Å². The van der Waals surface area contributed by atoms with Gasteiger partial charge in [0.05, 0.1) is 12.2 Å². The molecule has 0 heterocycles. The summed E-state index contributed by atoms with van der Waals surface area (Å²) in [6, 6.07) is 7.46. The summed E-state index contributed by atoms with van der Waals surface area (Å²) in [5.41, 5.74) is 1.58. The zero-order chi connectivity index (χ0) is 13.2. The van der Waals surface area contributed by atoms with Crippen LogP contribution in [0.3, 0.4) is 0 Å². The van der Waals surface area contributed by atoms with E-state index in [1.807, 2.05) is 36.9 Å². The van der Waals surface area contributed by atoms with Crippen LogP contribution in [0.25, 0.3) is 0 Å². The molecule has 0 amide bonds. The summed E-state index contributed by atoms with van der Waals surface area (Å²) >= 11 is 1.87. The van der Waals surface area contributed by atoms with E-state index in [1.165, 1.54) is 12.2 Å². The minimum atomic E-state index is -0.261. The Hall–Kier alpha value is -1.16. The number of hydrogen-bond acceptors (Lipinski definition) is 4. The van der Waals surface area contributed by atoms with Gasteiger partial charge in [0.15, 0.2) is 0 Å². The van der Waals surface area contributed by atoms with Gasteiger partial charge in [0.1, 0.15) is 0 Å². The van der Waals surface area contributed by atoms with Crippen LogP contribution in [0, 0.1) is 0 Å². The van der Waals surface area contributed by atoms with E-state index in [4.69, 9.17) is 4.74 Å². The molecule has 4 heteroatoms. The quantitative estimate of drug-likeness (QED) is 0.578. The number of hydrogen-bond donors (Lipinski definition) is 1. The van der Waals surface area contributed by atoms with Crippen molar-refractivity contribution in [2.75, 3.05) is 30.5 Å². The van der Waals surface area contributed by atoms with Crippen LogP contribution in [0.15, 0.2) is 24.3 Å². The van der Waals surface area contributed by atoms with Gasteiger partial charge in [0.25, 0.3) is 0 Å². The van der Waals surface area contributed by atoms with Crippen LogP contribution in [-0.2, 0) is 4.74 Å². The highest BCUT2D eigenvalue weighted by Gasteiger charge is 2.06. The molecule has 0 aliphatic carbocycles. The third-order valence-electron chi connectivity index (χ3n) is 2.48. The summed E-state index contributed by atoms with van der Waals surface area (Å²) in [5.74, 6) is 0.938. The van der Waals surface area contributed by atoms with E-state index >= 15 is 0 Å². The molecule has 1 rings (SSSR count). The molecule has 0 aliphatic rings. The Kier molecular flexibility index (Phi) is 7.34. The molecule has 0 aliphatic heterocycles. The first-order valence-corrected chi connectivity index (χ1v) is 7.67. The first kappa shape index (κ1) is 14.9. The second-order valence-electron chi connectivity index (χ2n) is 3.93. The van der Waals surface area contributed by atoms with Gasteiger partial charge in [0, 0.05) is 12.2 Å². The maximum absolute atomic E-state index is 11.6. The number of ether oxygens (including phenoxy) is 1. The Morgan fingerprint density at radius 1 is 1.39 bits per heavy atom. The van der Waals surface area contributed by atoms with Gasteiger partial charge < -0.3 is 10.1 Å². The molecule has 3 nitrogen and oxygen atoms in total. The van der Waals surface area contributed by atoms with Crippen molar-refractivity contribution in [3.05, 3.63) is 29.8 Å². The molecule has 0 saturated heterocycles. The topological polar surface area (TPSA) is 38.3 Å². The first-order chi connectivity index (χ1) is 8.77. The smallest absolute Gasteiger partial charge is 0.338 e. The fourth-order valence-corrected chi connectivity index (χ4v) is 2.07. The standard InChI is InChI=1S/C14H21NO2S/c1-3-17-14(16)12-7-6-8-13(11-12)15-9-4-5-10-18-2/h6-8,11,15H,3-5,9-10H2,1-2H3. The lowest BCUT2D eigenvalue weighted by atomic mass is 10.2. The van der Waals surface area contributed by atoms with Crippen LogP contribution >= 0.6 is 11.8 Å². The largest absolute Gasteiger partial charge is 0.462 e. The Morgan fingerprint density at radius 3 is 2.94 bits per heavy atom. The maximum Gasteiger partial charge on any atom is 0.338 e. The molecule has 1 N–H and O–H groups in total. The maximum atomic E-state index is 11.6. The van der Waals surface area contributed by atoms with E-state index in [-0.39, 0.29) is 5.97 Å². The third-order valence-corrected chi connectivity index (χ3v) is 3.17. The normalized spacial score (nSPS) is 10.1. The molecule has 0 aromatic heterocycles. The van der Waals surface area contributed by atoms with E-state index in [0.29, 0.717) is 12.2 Å². The second-order valence-corrected chi connectivity index (χ2v) is 4.91. The highest BCUT2D eigenvalue weighted by Crippen LogP contribution is 2.12. The van der Waals surface area contributed by atoms with Gasteiger partial charge in [-0.2, -0.15) is 11.8 Å². The van der Waals surface area contributed by atoms with Crippen LogP contribution in [0.5, 0.6) is 0 Å². The summed E-state index contributed by atoms with van der Waals surface area (Å²) in [7, 11) is 0. The van der Waals surface area contributed by atoms with Gasteiger partial charge in [-0.3, -0.25) is 0 Å². The van der Waals surface area contributed by atoms with Gasteiger partial charge in [-0.1, -0.05) is 6.07 Å². The van der Waals surface area contributed by atoms with E-state index in [1.54, 1.807) is 6.07 Å². The van der Waals surface area contributed by atoms with Crippen molar-refractivity contribution in [3.63, 3.8) is 0 Å². The predicted molar refractivity (Wildman–Crippen MR) is 78.5 cm³/mol. The molecular weight excluding hydrogens is 246 g/mol. The van der Waals surface area contributed by atoms with Crippen LogP contribution < -0.4 is 5.32 Å². The van der Waals surface area contributed by atoms with Crippen LogP contribution in [-0.4, -0.2) is 31.1 Å². The van der Waals surface area contributed by atoms with Crippen molar-refractivity contribution in [3.8, 4) is 0 Å². The minimum Gasteiger partial charge on any atom is -0.462 e. The highest BCUT2D eigenvalue weighted by atomic mass is 32.2. The Bertz CT molecular complexity index is 369. The molecule has 1 aromatic rings. The predicted octanol–water partition coefficient (Wildman–Crippen LogP) is 3.42. The Balaban J connectivity index is 2.42. The van der Waals surface area contributed by atoms with Crippen molar-refractivity contribution >= 4 is 23.4 Å². The molecule has 0 atom stereocenters. The second kappa shape index (κ2) is 8.86. The summed E-state index contributed by atoms with van der Waals surface area (Å²) in [4.78, 5) is 11.6. The number of anilines is 1. The average molecular weight is 267 g/mol. The van der Waals surface area contributed by atoms with Crippen molar-refractivity contribution in [2.45, 2.75) is 19.8 Å². The molecule has 0 radical (unpaired) electrons. The number of esters is 1. The molecular formula is C14H21NO2S. The summed E-state index contributed by atoms with van der Waals surface area (Å²) in [6.45, 7) is 3.16. The van der Waals surface area contributed by atoms with Crippen LogP contribution in [0.1, 0.15) is 30.1 Å². The lowest BCUT2D eigenvalue weighted by Crippen LogP contribution is -2.06. The monoisotopic (exact) mass is 267 g/mol. The van der Waals surface area contributed by atoms with Crippen molar-refractivity contribution in [2.24, 2.45) is 0 Å². The number of thioether (sulfide) groups is 1. The fraction of sp³-hybridized carbons (Fsp3) is 0.500. The van der Waals surface area contributed by atoms with Gasteiger partial charge in [-0.25, -0.2) is 4.79 Å². The van der Waals surface area contributed by atoms with E-state index in [9.17, 15) is 4.79 Å². The zero-order valence-corrected chi connectivity index (χ0v) is 11.9. The van der Waals surface area contributed by atoms with Gasteiger partial charge in [0.2, 0.25) is 0 Å². The first-order valence-electron chi connectivity index (χ1n) is 6.28. The van der Waals surface area contributed by atoms with E-state index in [0.717, 1.165) is 18.7 Å². The lowest BCUT2D eigenvalue weighted by molar-refractivity contribution is 0.0526. The average Bonchev–Trinajstić information content (AvgIpc) is 2.39. The SMILES string of the molecule is CCOC(=O)c1cccc(NCCCCSC)c1. The summed E-state index contributed by atoms with van der Waals surface area (Å²) in [5, 5.41) is 3.32. The van der Waals surface area contributed by atoms with Crippen molar-refractivity contribution in [1.82, 2.24) is 0 Å². The molecule has 0 bridgehead atoms. The zero-order valence-electron chi connectivity index (χ0n) is 11.1. The third kappa shape index (κ3) is 5.45. The number of unbranched alkanes of at least 4 members (excludes halogenated alkanes) is 1. The van der Waals surface area contributed by atoms with E-state index < -0.39 is 0 Å². The number of nitrogens with one attached hydrogen (secondary N) is 1. The molecule has 0 unspecified atom stereocenters. The van der Waals surface area contributed by atoms with Gasteiger partial charge >= 0.3 is 5.97 Å². The number of benzene rings is 1. The molecule has 0 spiro atoms. The number of carbonyl (C=O) groups excluding carboxylic acids is 1. The van der Waals surface area contributed by atoms with Crippen molar-refractivity contribution in [1.29, 1.82) is 0 Å². The van der Waals surface area contributed by atoms with E-state index in [2.05, 4.69) is 11.6 Å². The lowest BCUT2D eigenvalue weighted by Gasteiger charge is -2.08. The van der Waals surface area contributed by atoms with Gasteiger partial charge in [-0.15, -0.1) is 0 Å². The van der Waals surface area contributed by atoms with Gasteiger partial charge in [-0.05, 0) is 50.0 Å². The molecule has 18 heavy (non-hydrogen) atoms. The number of carbonyl (C=O) groups is 1. The van der Waals surface area contributed by atoms with Crippen LogP contribution in [0.2, 0.25) is 0 Å². The molecule has 0 fully saturated rings. The molecule has 1 aromatic carbocycles. The van der Waals surface area contributed by atoms with Crippen LogP contribution in [0.4, 0.5) is 5.69 Å². The Morgan fingerprint density at radius 2 is 2.22 bits per heavy atom. The summed E-state index contributed by atoms with van der Waals surface area (Å²) < 4.78 is 4.97. The fourth-order valence-electron chi connectivity index (χ4n) is 1.57. The van der Waals surface area contributed by atoms with Crippen molar-refractivity contribution < 1.29 is 9.53 Å². The highest BCUT2D eigenvalue weighted by molar-refractivity contribution is 7.98. The summed E-state index contributed by atoms with van der Waals surface area (Å²) in [6.07, 6.45) is 4.48. The number of rotatable bonds is 8. The minimum absolute atomic E-state index is 0.261. The molecule has 0 saturated carbocycles.